The van der Waals surface area contributed by atoms with E-state index in [2.05, 4.69) is 48.8 Å². The van der Waals surface area contributed by atoms with Crippen molar-refractivity contribution >= 4 is 35.8 Å². The van der Waals surface area contributed by atoms with Crippen molar-refractivity contribution in [3.8, 4) is 16.9 Å². The number of anilines is 2. The Kier molecular flexibility index (Phi) is 7.93. The lowest BCUT2D eigenvalue weighted by Gasteiger charge is -2.33. The van der Waals surface area contributed by atoms with Gasteiger partial charge in [-0.2, -0.15) is 0 Å². The van der Waals surface area contributed by atoms with Crippen molar-refractivity contribution < 1.29 is 9.13 Å². The molecular formula is C29H31FN8O. The van der Waals surface area contributed by atoms with E-state index in [1.165, 1.54) is 19.2 Å². The zero-order chi connectivity index (χ0) is 27.2. The Hall–Kier alpha value is -4.57. The number of piperazine rings is 1. The third-order valence-corrected chi connectivity index (χ3v) is 6.67. The number of nitrogens with zero attached hydrogens (tertiary/aromatic N) is 7. The van der Waals surface area contributed by atoms with Crippen molar-refractivity contribution in [1.82, 2.24) is 19.3 Å². The summed E-state index contributed by atoms with van der Waals surface area (Å²) in [6.07, 6.45) is 8.92. The quantitative estimate of drug-likeness (QED) is 0.324. The van der Waals surface area contributed by atoms with Gasteiger partial charge >= 0.3 is 0 Å². The average Bonchev–Trinajstić information content (AvgIpc) is 3.38. The average molecular weight is 527 g/mol. The Bertz CT molecular complexity index is 1500. The minimum atomic E-state index is -0.366. The van der Waals surface area contributed by atoms with Crippen LogP contribution in [0.15, 0.2) is 77.1 Å². The number of hydrogen-bond acceptors (Lipinski definition) is 8. The zero-order valence-corrected chi connectivity index (χ0v) is 22.1. The second kappa shape index (κ2) is 11.9. The van der Waals surface area contributed by atoms with Gasteiger partial charge in [-0.1, -0.05) is 0 Å². The first-order valence-corrected chi connectivity index (χ1v) is 12.7. The zero-order valence-electron chi connectivity index (χ0n) is 22.1. The van der Waals surface area contributed by atoms with Gasteiger partial charge in [0.1, 0.15) is 29.7 Å². The molecule has 9 nitrogen and oxygen atoms in total. The minimum Gasteiger partial charge on any atom is -0.497 e. The van der Waals surface area contributed by atoms with E-state index in [1.54, 1.807) is 24.6 Å². The van der Waals surface area contributed by atoms with Crippen molar-refractivity contribution in [1.29, 1.82) is 0 Å². The van der Waals surface area contributed by atoms with Gasteiger partial charge in [-0.05, 0) is 67.4 Å². The second-order valence-electron chi connectivity index (χ2n) is 9.24. The number of allylic oxidation sites excluding steroid dienone is 1. The van der Waals surface area contributed by atoms with E-state index in [-0.39, 0.29) is 5.82 Å². The van der Waals surface area contributed by atoms with Crippen LogP contribution in [0, 0.1) is 5.82 Å². The molecule has 10 heteroatoms. The van der Waals surface area contributed by atoms with Crippen molar-refractivity contribution in [2.75, 3.05) is 57.2 Å². The molecule has 1 N–H and O–H groups in total. The summed E-state index contributed by atoms with van der Waals surface area (Å²) in [4.78, 5) is 22.3. The summed E-state index contributed by atoms with van der Waals surface area (Å²) in [7, 11) is 3.66. The van der Waals surface area contributed by atoms with Gasteiger partial charge in [0, 0.05) is 44.7 Å². The van der Waals surface area contributed by atoms with Gasteiger partial charge in [-0.15, -0.1) is 0 Å². The highest BCUT2D eigenvalue weighted by Crippen LogP contribution is 2.27. The van der Waals surface area contributed by atoms with Crippen LogP contribution in [0.25, 0.3) is 22.5 Å². The van der Waals surface area contributed by atoms with Crippen LogP contribution in [0.1, 0.15) is 5.69 Å². The summed E-state index contributed by atoms with van der Waals surface area (Å²) >= 11 is 0. The van der Waals surface area contributed by atoms with E-state index in [4.69, 9.17) is 4.74 Å². The summed E-state index contributed by atoms with van der Waals surface area (Å²) in [5, 5.41) is 3.26. The molecular weight excluding hydrogens is 495 g/mol. The highest BCUT2D eigenvalue weighted by atomic mass is 19.1. The summed E-state index contributed by atoms with van der Waals surface area (Å²) in [5.41, 5.74) is 4.50. The number of aliphatic imine (C=N–C) groups is 2. The van der Waals surface area contributed by atoms with Gasteiger partial charge in [0.05, 0.1) is 36.6 Å². The first-order chi connectivity index (χ1) is 19.0. The van der Waals surface area contributed by atoms with Gasteiger partial charge in [-0.25, -0.2) is 14.4 Å². The van der Waals surface area contributed by atoms with Crippen molar-refractivity contribution in [3.05, 3.63) is 78.6 Å². The van der Waals surface area contributed by atoms with Crippen LogP contribution in [0.3, 0.4) is 0 Å². The number of pyridine rings is 2. The molecule has 0 amide bonds. The number of halogens is 1. The van der Waals surface area contributed by atoms with Gasteiger partial charge in [0.15, 0.2) is 0 Å². The molecule has 4 aromatic rings. The molecule has 1 saturated heterocycles. The molecule has 39 heavy (non-hydrogen) atoms. The number of imidazole rings is 1. The van der Waals surface area contributed by atoms with Crippen molar-refractivity contribution in [2.24, 2.45) is 9.98 Å². The van der Waals surface area contributed by atoms with E-state index in [1.807, 2.05) is 41.1 Å². The molecule has 4 heterocycles. The molecule has 0 radical (unpaired) electrons. The highest BCUT2D eigenvalue weighted by molar-refractivity contribution is 5.85. The first-order valence-electron chi connectivity index (χ1n) is 12.7. The number of rotatable bonds is 9. The fourth-order valence-corrected chi connectivity index (χ4v) is 4.43. The number of benzene rings is 1. The van der Waals surface area contributed by atoms with Crippen LogP contribution >= 0.6 is 0 Å². The maximum atomic E-state index is 14.1. The lowest BCUT2D eigenvalue weighted by Crippen LogP contribution is -2.44. The van der Waals surface area contributed by atoms with Crippen LogP contribution in [-0.4, -0.2) is 79.2 Å². The smallest absolute Gasteiger partial charge is 0.137 e. The predicted molar refractivity (Wildman–Crippen MR) is 156 cm³/mol. The normalized spacial score (nSPS) is 14.7. The standard InChI is InChI=1S/C29H31FN8O/c1-31-26(8-9-32-20-35-24-5-7-28(33-17-24)37-12-10-36(2)11-13-37)27-18-34-29-6-4-21(19-38(27)29)22-14-23(30)16-25(15-22)39-3/h4-9,14-19,35H,1,10-13,20H2,2-3H3/b26-8-,32-9-. The Morgan fingerprint density at radius 1 is 1.08 bits per heavy atom. The van der Waals surface area contributed by atoms with Crippen LogP contribution in [-0.2, 0) is 0 Å². The molecule has 5 rings (SSSR count). The van der Waals surface area contributed by atoms with Crippen LogP contribution < -0.4 is 15.0 Å². The number of methoxy groups -OCH3 is 1. The first kappa shape index (κ1) is 26.1. The summed E-state index contributed by atoms with van der Waals surface area (Å²) in [6, 6.07) is 12.4. The number of nitrogens with one attached hydrogen (secondary N) is 1. The molecule has 1 aliphatic heterocycles. The summed E-state index contributed by atoms with van der Waals surface area (Å²) in [6.45, 7) is 8.17. The van der Waals surface area contributed by atoms with E-state index in [9.17, 15) is 4.39 Å². The fraction of sp³-hybridized carbons (Fsp3) is 0.241. The number of fused-ring (bicyclic) bond motifs is 1. The van der Waals surface area contributed by atoms with Crippen LogP contribution in [0.4, 0.5) is 15.9 Å². The number of aromatic nitrogens is 3. The molecule has 1 fully saturated rings. The Morgan fingerprint density at radius 3 is 2.67 bits per heavy atom. The molecule has 0 atom stereocenters. The number of hydrogen-bond donors (Lipinski definition) is 1. The van der Waals surface area contributed by atoms with Gasteiger partial charge < -0.3 is 19.9 Å². The molecule has 3 aromatic heterocycles. The monoisotopic (exact) mass is 526 g/mol. The molecule has 0 unspecified atom stereocenters. The Morgan fingerprint density at radius 2 is 1.92 bits per heavy atom. The lowest BCUT2D eigenvalue weighted by atomic mass is 10.1. The fourth-order valence-electron chi connectivity index (χ4n) is 4.43. The second-order valence-corrected chi connectivity index (χ2v) is 9.24. The molecule has 0 saturated carbocycles. The summed E-state index contributed by atoms with van der Waals surface area (Å²) < 4.78 is 21.2. The Balaban J connectivity index is 1.25. The van der Waals surface area contributed by atoms with Gasteiger partial charge in [0.2, 0.25) is 0 Å². The van der Waals surface area contributed by atoms with E-state index in [0.717, 1.165) is 54.6 Å². The number of likely N-dealkylation sites (N-methyl/N-ethyl adjacent to an activating group) is 1. The molecule has 200 valence electrons. The third-order valence-electron chi connectivity index (χ3n) is 6.67. The highest BCUT2D eigenvalue weighted by Gasteiger charge is 2.15. The maximum absolute atomic E-state index is 14.1. The molecule has 1 aromatic carbocycles. The van der Waals surface area contributed by atoms with Crippen LogP contribution in [0.2, 0.25) is 0 Å². The van der Waals surface area contributed by atoms with Gasteiger partial charge in [-0.3, -0.25) is 14.4 Å². The lowest BCUT2D eigenvalue weighted by molar-refractivity contribution is 0.312. The Labute approximate surface area is 227 Å². The van der Waals surface area contributed by atoms with E-state index >= 15 is 0 Å². The third kappa shape index (κ3) is 6.12. The van der Waals surface area contributed by atoms with E-state index < -0.39 is 0 Å². The van der Waals surface area contributed by atoms with E-state index in [0.29, 0.717) is 23.7 Å². The van der Waals surface area contributed by atoms with Gasteiger partial charge in [0.25, 0.3) is 0 Å². The van der Waals surface area contributed by atoms with Crippen molar-refractivity contribution in [3.63, 3.8) is 0 Å². The van der Waals surface area contributed by atoms with Crippen molar-refractivity contribution in [2.45, 2.75) is 0 Å². The predicted octanol–water partition coefficient (Wildman–Crippen LogP) is 4.48. The minimum absolute atomic E-state index is 0.366. The molecule has 0 spiro atoms. The number of ether oxygens (including phenoxy) is 1. The largest absolute Gasteiger partial charge is 0.497 e. The maximum Gasteiger partial charge on any atom is 0.137 e. The molecule has 0 aliphatic carbocycles. The topological polar surface area (TPSA) is 82.7 Å². The summed E-state index contributed by atoms with van der Waals surface area (Å²) in [5.74, 6) is 1.08. The molecule has 1 aliphatic rings. The molecule has 0 bridgehead atoms. The SMILES string of the molecule is C=N/C(=C\C=N/CNc1ccc(N2CCN(C)CC2)nc1)c1cnc2ccc(-c3cc(F)cc(OC)c3)cn12. The van der Waals surface area contributed by atoms with Crippen LogP contribution in [0.5, 0.6) is 5.75 Å².